The second-order valence-corrected chi connectivity index (χ2v) is 12.0. The number of allylic oxidation sites excluding steroid dienone is 2. The predicted molar refractivity (Wildman–Crippen MR) is 139 cm³/mol. The van der Waals surface area contributed by atoms with E-state index in [2.05, 4.69) is 4.74 Å². The van der Waals surface area contributed by atoms with Gasteiger partial charge in [-0.25, -0.2) is 9.29 Å². The van der Waals surface area contributed by atoms with E-state index in [1.165, 1.54) is 7.05 Å². The molecule has 3 fully saturated rings. The monoisotopic (exact) mass is 626 g/mol. The molecule has 4 aliphatic rings. The number of phenols is 1. The number of amides is 4. The minimum atomic E-state index is -5.10. The third-order valence-corrected chi connectivity index (χ3v) is 10.1. The van der Waals surface area contributed by atoms with Crippen molar-refractivity contribution in [2.24, 2.45) is 17.8 Å². The molecule has 0 radical (unpaired) electrons. The van der Waals surface area contributed by atoms with Crippen LogP contribution in [0.1, 0.15) is 24.3 Å². The lowest BCUT2D eigenvalue weighted by atomic mass is 9.56. The Morgan fingerprint density at radius 3 is 2.29 bits per heavy atom. The Hall–Kier alpha value is -3.64. The Morgan fingerprint density at radius 1 is 0.976 bits per heavy atom. The summed E-state index contributed by atoms with van der Waals surface area (Å²) >= 11 is 14.2. The first-order valence-electron chi connectivity index (χ1n) is 12.7. The van der Waals surface area contributed by atoms with Gasteiger partial charge in [0.15, 0.2) is 9.75 Å². The zero-order valence-corrected chi connectivity index (χ0v) is 23.0. The van der Waals surface area contributed by atoms with E-state index >= 15 is 0 Å². The first kappa shape index (κ1) is 28.5. The Morgan fingerprint density at radius 2 is 1.64 bits per heavy atom. The van der Waals surface area contributed by atoms with Crippen LogP contribution in [0.25, 0.3) is 0 Å². The molecule has 2 aliphatic carbocycles. The number of phenolic OH excluding ortho intramolecular Hbond substituents is 1. The Kier molecular flexibility index (Phi) is 6.22. The predicted octanol–water partition coefficient (Wildman–Crippen LogP) is 4.62. The van der Waals surface area contributed by atoms with Gasteiger partial charge in [-0.1, -0.05) is 11.6 Å². The van der Waals surface area contributed by atoms with Gasteiger partial charge in [-0.05, 0) is 61.2 Å². The van der Waals surface area contributed by atoms with Crippen LogP contribution in [0.3, 0.4) is 0 Å². The van der Waals surface area contributed by atoms with Crippen molar-refractivity contribution in [2.45, 2.75) is 34.9 Å². The minimum absolute atomic E-state index is 0.0352. The highest BCUT2D eigenvalue weighted by molar-refractivity contribution is 6.58. The normalized spacial score (nSPS) is 32.5. The zero-order chi connectivity index (χ0) is 30.5. The number of aromatic hydroxyl groups is 1. The molecule has 8 nitrogen and oxygen atoms in total. The van der Waals surface area contributed by atoms with Crippen molar-refractivity contribution in [3.05, 3.63) is 65.5 Å². The highest BCUT2D eigenvalue weighted by Crippen LogP contribution is 2.66. The number of imide groups is 2. The minimum Gasteiger partial charge on any atom is -0.508 e. The van der Waals surface area contributed by atoms with Crippen LogP contribution < -0.4 is 9.64 Å². The van der Waals surface area contributed by atoms with Gasteiger partial charge in [-0.3, -0.25) is 24.1 Å². The summed E-state index contributed by atoms with van der Waals surface area (Å²) in [7, 11) is 1.32. The highest BCUT2D eigenvalue weighted by Gasteiger charge is 2.76. The van der Waals surface area contributed by atoms with Crippen LogP contribution in [-0.4, -0.2) is 56.8 Å². The number of carbonyl (C=O) groups is 4. The molecule has 6 rings (SSSR count). The van der Waals surface area contributed by atoms with Crippen molar-refractivity contribution in [3.8, 4) is 11.5 Å². The number of fused-ring (bicyclic) bond motifs is 4. The van der Waals surface area contributed by atoms with Gasteiger partial charge in [0.1, 0.15) is 17.3 Å². The summed E-state index contributed by atoms with van der Waals surface area (Å²) in [6.45, 7) is 0. The van der Waals surface area contributed by atoms with Crippen LogP contribution in [0.5, 0.6) is 11.5 Å². The van der Waals surface area contributed by atoms with Crippen molar-refractivity contribution >= 4 is 52.5 Å². The van der Waals surface area contributed by atoms with Crippen LogP contribution in [0, 0.1) is 23.6 Å². The van der Waals surface area contributed by atoms with Gasteiger partial charge < -0.3 is 9.84 Å². The van der Waals surface area contributed by atoms with Crippen molar-refractivity contribution in [2.75, 3.05) is 11.9 Å². The summed E-state index contributed by atoms with van der Waals surface area (Å²) in [4.78, 5) is 51.3. The molecular formula is C28H20Cl2F4N2O6. The molecule has 6 unspecified atom stereocenters. The van der Waals surface area contributed by atoms with Crippen molar-refractivity contribution in [1.29, 1.82) is 0 Å². The molecule has 2 heterocycles. The molecule has 1 saturated carbocycles. The molecule has 2 aromatic rings. The number of ether oxygens (including phenoxy) is 1. The number of halogens is 6. The average molecular weight is 627 g/mol. The summed E-state index contributed by atoms with van der Waals surface area (Å²) < 4.78 is 57.1. The lowest BCUT2D eigenvalue weighted by Crippen LogP contribution is -2.60. The number of likely N-dealkylation sites (tertiary alicyclic amines) is 1. The van der Waals surface area contributed by atoms with Crippen molar-refractivity contribution in [3.63, 3.8) is 0 Å². The molecule has 2 saturated heterocycles. The molecule has 6 atom stereocenters. The van der Waals surface area contributed by atoms with E-state index in [0.29, 0.717) is 4.90 Å². The van der Waals surface area contributed by atoms with Gasteiger partial charge in [0.2, 0.25) is 11.8 Å². The molecule has 0 bridgehead atoms. The van der Waals surface area contributed by atoms with Crippen LogP contribution in [-0.2, 0) is 19.2 Å². The fourth-order valence-corrected chi connectivity index (χ4v) is 7.79. The quantitative estimate of drug-likeness (QED) is 0.231. The first-order valence-corrected chi connectivity index (χ1v) is 13.5. The fourth-order valence-electron chi connectivity index (χ4n) is 6.86. The summed E-state index contributed by atoms with van der Waals surface area (Å²) in [6, 6.07) is 6.94. The topological polar surface area (TPSA) is 104 Å². The number of anilines is 1. The van der Waals surface area contributed by atoms with Gasteiger partial charge in [-0.2, -0.15) is 0 Å². The third kappa shape index (κ3) is 3.80. The fraction of sp³-hybridized carbons (Fsp3) is 0.357. The van der Waals surface area contributed by atoms with Crippen LogP contribution in [0.15, 0.2) is 54.1 Å². The van der Waals surface area contributed by atoms with E-state index in [0.717, 1.165) is 47.4 Å². The maximum atomic E-state index is 14.2. The van der Waals surface area contributed by atoms with E-state index in [4.69, 9.17) is 23.2 Å². The Bertz CT molecular complexity index is 1600. The van der Waals surface area contributed by atoms with E-state index in [-0.39, 0.29) is 29.7 Å². The van der Waals surface area contributed by atoms with Crippen LogP contribution in [0.4, 0.5) is 23.2 Å². The molecule has 0 spiro atoms. The first-order chi connectivity index (χ1) is 19.6. The average Bonchev–Trinajstić information content (AvgIpc) is 3.23. The molecule has 42 heavy (non-hydrogen) atoms. The molecule has 220 valence electrons. The molecule has 2 aromatic carbocycles. The van der Waals surface area contributed by atoms with Gasteiger partial charge in [0, 0.05) is 18.5 Å². The number of hydrogen-bond acceptors (Lipinski definition) is 6. The van der Waals surface area contributed by atoms with Crippen molar-refractivity contribution in [1.82, 2.24) is 4.90 Å². The molecule has 4 amide bonds. The Balaban J connectivity index is 1.59. The van der Waals surface area contributed by atoms with E-state index in [1.807, 2.05) is 0 Å². The highest BCUT2D eigenvalue weighted by atomic mass is 35.5. The summed E-state index contributed by atoms with van der Waals surface area (Å²) in [5.41, 5.74) is -0.112. The SMILES string of the molecule is CN1C(=O)C2CC=C3C(CC4(Cl)C(=O)N(c5ccc(F)cc5)C(=O)C4(Cl)C3c3cc(OC(F)(F)F)ccc3O)C2C1=O. The lowest BCUT2D eigenvalue weighted by molar-refractivity contribution is -0.274. The van der Waals surface area contributed by atoms with E-state index in [1.54, 1.807) is 6.08 Å². The Labute approximate surface area is 245 Å². The number of benzene rings is 2. The smallest absolute Gasteiger partial charge is 0.508 e. The van der Waals surface area contributed by atoms with Gasteiger partial charge >= 0.3 is 6.36 Å². The second-order valence-electron chi connectivity index (χ2n) is 10.8. The molecular weight excluding hydrogens is 607 g/mol. The summed E-state index contributed by atoms with van der Waals surface area (Å²) in [5, 5.41) is 10.9. The maximum Gasteiger partial charge on any atom is 0.573 e. The molecule has 1 N–H and O–H groups in total. The zero-order valence-electron chi connectivity index (χ0n) is 21.5. The maximum absolute atomic E-state index is 14.2. The second kappa shape index (κ2) is 9.18. The van der Waals surface area contributed by atoms with Gasteiger partial charge in [0.05, 0.1) is 17.5 Å². The standard InChI is InChI=1S/C28H20Cl2F4N2O6/c1-35-22(38)16-8-7-15-18(20(16)23(35)39)11-26(29)24(40)36(13-4-2-12(31)3-5-13)25(41)27(26,30)21(15)17-10-14(6-9-19(17)37)42-28(32,33)34/h2-7,9-10,16,18,20-21,37H,8,11H2,1H3. The summed E-state index contributed by atoms with van der Waals surface area (Å²) in [6.07, 6.45) is -3.88. The number of nitrogens with zero attached hydrogens (tertiary/aromatic N) is 2. The number of alkyl halides is 5. The molecule has 2 aliphatic heterocycles. The number of carbonyl (C=O) groups excluding carboxylic acids is 4. The third-order valence-electron chi connectivity index (χ3n) is 8.66. The van der Waals surface area contributed by atoms with Crippen LogP contribution in [0.2, 0.25) is 0 Å². The number of rotatable bonds is 3. The summed E-state index contributed by atoms with van der Waals surface area (Å²) in [5.74, 6) is -9.33. The largest absolute Gasteiger partial charge is 0.573 e. The van der Waals surface area contributed by atoms with E-state index < -0.39 is 80.7 Å². The van der Waals surface area contributed by atoms with Gasteiger partial charge in [0.25, 0.3) is 11.8 Å². The lowest BCUT2D eigenvalue weighted by Gasteiger charge is -2.50. The van der Waals surface area contributed by atoms with Crippen LogP contribution >= 0.6 is 23.2 Å². The van der Waals surface area contributed by atoms with E-state index in [9.17, 15) is 41.8 Å². The molecule has 14 heteroatoms. The molecule has 0 aromatic heterocycles. The van der Waals surface area contributed by atoms with Crippen molar-refractivity contribution < 1.29 is 46.6 Å². The van der Waals surface area contributed by atoms with Gasteiger partial charge in [-0.15, -0.1) is 36.4 Å². The number of hydrogen-bond donors (Lipinski definition) is 1.